The SMILES string of the molecule is Cc1cc([N+](=O)[O-])c(NC2CC2)c([N+](=O)[O-])c1C. The second kappa shape index (κ2) is 4.25. The predicted molar refractivity (Wildman–Crippen MR) is 65.9 cm³/mol. The molecule has 0 heterocycles. The fourth-order valence-electron chi connectivity index (χ4n) is 1.83. The van der Waals surface area contributed by atoms with Gasteiger partial charge in [0.1, 0.15) is 0 Å². The highest BCUT2D eigenvalue weighted by atomic mass is 16.6. The summed E-state index contributed by atoms with van der Waals surface area (Å²) in [6.07, 6.45) is 1.78. The lowest BCUT2D eigenvalue weighted by Gasteiger charge is -2.10. The Morgan fingerprint density at radius 1 is 1.22 bits per heavy atom. The average Bonchev–Trinajstić information content (AvgIpc) is 3.06. The van der Waals surface area contributed by atoms with Crippen LogP contribution in [0.2, 0.25) is 0 Å². The van der Waals surface area contributed by atoms with E-state index in [4.69, 9.17) is 0 Å². The van der Waals surface area contributed by atoms with Gasteiger partial charge in [-0.25, -0.2) is 0 Å². The van der Waals surface area contributed by atoms with E-state index >= 15 is 0 Å². The smallest absolute Gasteiger partial charge is 0.302 e. The summed E-state index contributed by atoms with van der Waals surface area (Å²) in [6, 6.07) is 1.50. The van der Waals surface area contributed by atoms with E-state index in [1.807, 2.05) is 0 Å². The summed E-state index contributed by atoms with van der Waals surface area (Å²) < 4.78 is 0. The zero-order valence-corrected chi connectivity index (χ0v) is 10.1. The van der Waals surface area contributed by atoms with Crippen molar-refractivity contribution in [2.24, 2.45) is 0 Å². The summed E-state index contributed by atoms with van der Waals surface area (Å²) in [5, 5.41) is 25.0. The van der Waals surface area contributed by atoms with E-state index in [1.54, 1.807) is 13.8 Å². The van der Waals surface area contributed by atoms with Crippen LogP contribution in [0.15, 0.2) is 6.07 Å². The van der Waals surface area contributed by atoms with Crippen LogP contribution >= 0.6 is 0 Å². The van der Waals surface area contributed by atoms with Crippen LogP contribution in [0.5, 0.6) is 0 Å². The van der Waals surface area contributed by atoms with Crippen molar-refractivity contribution in [1.29, 1.82) is 0 Å². The highest BCUT2D eigenvalue weighted by Gasteiger charge is 2.33. The van der Waals surface area contributed by atoms with Gasteiger partial charge in [0.2, 0.25) is 0 Å². The van der Waals surface area contributed by atoms with Gasteiger partial charge < -0.3 is 5.32 Å². The molecule has 0 aromatic heterocycles. The molecule has 0 atom stereocenters. The fraction of sp³-hybridized carbons (Fsp3) is 0.455. The molecule has 1 aliphatic carbocycles. The Hall–Kier alpha value is -2.18. The molecule has 1 saturated carbocycles. The molecule has 1 fully saturated rings. The number of nitro groups is 2. The second-order valence-corrected chi connectivity index (χ2v) is 4.49. The van der Waals surface area contributed by atoms with Crippen LogP contribution in [0.1, 0.15) is 24.0 Å². The van der Waals surface area contributed by atoms with Crippen LogP contribution < -0.4 is 5.32 Å². The maximum Gasteiger partial charge on any atom is 0.302 e. The monoisotopic (exact) mass is 251 g/mol. The van der Waals surface area contributed by atoms with Gasteiger partial charge in [-0.1, -0.05) is 0 Å². The van der Waals surface area contributed by atoms with E-state index in [2.05, 4.69) is 5.32 Å². The van der Waals surface area contributed by atoms with E-state index in [0.29, 0.717) is 11.1 Å². The number of nitrogens with one attached hydrogen (secondary N) is 1. The van der Waals surface area contributed by atoms with Crippen LogP contribution in [0.4, 0.5) is 17.1 Å². The van der Waals surface area contributed by atoms with Gasteiger partial charge in [0.05, 0.1) is 9.85 Å². The highest BCUT2D eigenvalue weighted by Crippen LogP contribution is 2.41. The Kier molecular flexibility index (Phi) is 2.90. The number of aryl methyl sites for hydroxylation is 1. The van der Waals surface area contributed by atoms with Crippen LogP contribution in [-0.2, 0) is 0 Å². The minimum Gasteiger partial charge on any atom is -0.371 e. The maximum absolute atomic E-state index is 11.1. The van der Waals surface area contributed by atoms with E-state index in [0.717, 1.165) is 12.8 Å². The first-order valence-corrected chi connectivity index (χ1v) is 5.61. The summed E-state index contributed by atoms with van der Waals surface area (Å²) in [7, 11) is 0. The maximum atomic E-state index is 11.1. The van der Waals surface area contributed by atoms with Crippen molar-refractivity contribution in [1.82, 2.24) is 0 Å². The number of anilines is 1. The molecular formula is C11H13N3O4. The summed E-state index contributed by atoms with van der Waals surface area (Å²) in [6.45, 7) is 3.24. The Morgan fingerprint density at radius 3 is 2.28 bits per heavy atom. The zero-order valence-electron chi connectivity index (χ0n) is 10.1. The predicted octanol–water partition coefficient (Wildman–Crippen LogP) is 2.69. The van der Waals surface area contributed by atoms with Gasteiger partial charge in [0.25, 0.3) is 5.69 Å². The van der Waals surface area contributed by atoms with Crippen LogP contribution in [-0.4, -0.2) is 15.9 Å². The van der Waals surface area contributed by atoms with Crippen LogP contribution in [0, 0.1) is 34.1 Å². The molecule has 96 valence electrons. The van der Waals surface area contributed by atoms with Crippen molar-refractivity contribution in [3.05, 3.63) is 37.4 Å². The average molecular weight is 251 g/mol. The molecule has 1 N–H and O–H groups in total. The molecule has 0 radical (unpaired) electrons. The minimum absolute atomic E-state index is 0.0376. The van der Waals surface area contributed by atoms with E-state index in [-0.39, 0.29) is 23.1 Å². The van der Waals surface area contributed by atoms with Crippen molar-refractivity contribution in [2.75, 3.05) is 5.32 Å². The zero-order chi connectivity index (χ0) is 13.4. The van der Waals surface area contributed by atoms with Gasteiger partial charge >= 0.3 is 5.69 Å². The lowest BCUT2D eigenvalue weighted by Crippen LogP contribution is -2.09. The van der Waals surface area contributed by atoms with Gasteiger partial charge in [-0.3, -0.25) is 20.2 Å². The summed E-state index contributed by atoms with van der Waals surface area (Å²) in [4.78, 5) is 21.0. The number of hydrogen-bond donors (Lipinski definition) is 1. The normalized spacial score (nSPS) is 14.3. The molecule has 0 bridgehead atoms. The van der Waals surface area contributed by atoms with Crippen molar-refractivity contribution >= 4 is 17.1 Å². The van der Waals surface area contributed by atoms with E-state index in [1.165, 1.54) is 6.07 Å². The summed E-state index contributed by atoms with van der Waals surface area (Å²) >= 11 is 0. The molecule has 1 aromatic carbocycles. The summed E-state index contributed by atoms with van der Waals surface area (Å²) in [5.41, 5.74) is 0.643. The Balaban J connectivity index is 2.65. The van der Waals surface area contributed by atoms with Gasteiger partial charge in [0.15, 0.2) is 5.69 Å². The minimum atomic E-state index is -0.579. The molecular weight excluding hydrogens is 238 g/mol. The molecule has 18 heavy (non-hydrogen) atoms. The number of hydrogen-bond acceptors (Lipinski definition) is 5. The first-order valence-electron chi connectivity index (χ1n) is 5.61. The molecule has 7 heteroatoms. The highest BCUT2D eigenvalue weighted by molar-refractivity contribution is 5.78. The van der Waals surface area contributed by atoms with Crippen molar-refractivity contribution < 1.29 is 9.85 Å². The third kappa shape index (κ3) is 2.11. The summed E-state index contributed by atoms with van der Waals surface area (Å²) in [5.74, 6) is 0. The van der Waals surface area contributed by atoms with E-state index < -0.39 is 9.85 Å². The molecule has 0 unspecified atom stereocenters. The van der Waals surface area contributed by atoms with Crippen LogP contribution in [0.3, 0.4) is 0 Å². The second-order valence-electron chi connectivity index (χ2n) is 4.49. The molecule has 0 amide bonds. The standard InChI is InChI=1S/C11H13N3O4/c1-6-5-9(13(15)16)10(12-8-3-4-8)11(7(6)2)14(17)18/h5,8,12H,3-4H2,1-2H3. The van der Waals surface area contributed by atoms with Crippen molar-refractivity contribution in [3.8, 4) is 0 Å². The molecule has 1 aromatic rings. The lowest BCUT2D eigenvalue weighted by molar-refractivity contribution is -0.392. The Morgan fingerprint density at radius 2 is 1.83 bits per heavy atom. The third-order valence-corrected chi connectivity index (χ3v) is 3.10. The van der Waals surface area contributed by atoms with Crippen LogP contribution in [0.25, 0.3) is 0 Å². The third-order valence-electron chi connectivity index (χ3n) is 3.10. The van der Waals surface area contributed by atoms with Gasteiger partial charge in [0, 0.05) is 17.7 Å². The first kappa shape index (κ1) is 12.3. The largest absolute Gasteiger partial charge is 0.371 e. The van der Waals surface area contributed by atoms with Gasteiger partial charge in [-0.05, 0) is 32.3 Å². The lowest BCUT2D eigenvalue weighted by atomic mass is 10.0. The van der Waals surface area contributed by atoms with Gasteiger partial charge in [-0.2, -0.15) is 0 Å². The van der Waals surface area contributed by atoms with Crippen molar-refractivity contribution in [2.45, 2.75) is 32.7 Å². The number of benzene rings is 1. The molecule has 0 aliphatic heterocycles. The molecule has 1 aliphatic rings. The topological polar surface area (TPSA) is 98.3 Å². The van der Waals surface area contributed by atoms with Gasteiger partial charge in [-0.15, -0.1) is 0 Å². The quantitative estimate of drug-likeness (QED) is 0.655. The molecule has 7 nitrogen and oxygen atoms in total. The number of nitro benzene ring substituents is 2. The van der Waals surface area contributed by atoms with Crippen molar-refractivity contribution in [3.63, 3.8) is 0 Å². The number of rotatable bonds is 4. The van der Waals surface area contributed by atoms with E-state index in [9.17, 15) is 20.2 Å². The molecule has 2 rings (SSSR count). The Bertz CT molecular complexity index is 538. The number of nitrogens with zero attached hydrogens (tertiary/aromatic N) is 2. The molecule has 0 saturated heterocycles. The first-order chi connectivity index (χ1) is 8.41. The Labute approximate surface area is 103 Å². The fourth-order valence-corrected chi connectivity index (χ4v) is 1.83. The molecule has 0 spiro atoms.